The van der Waals surface area contributed by atoms with Crippen LogP contribution in [-0.4, -0.2) is 0 Å². The Hall–Kier alpha value is -1.04. The lowest BCUT2D eigenvalue weighted by Gasteiger charge is -1.79. The average Bonchev–Trinajstić information content (AvgIpc) is 2.03. The lowest BCUT2D eigenvalue weighted by atomic mass is 10.3. The summed E-state index contributed by atoms with van der Waals surface area (Å²) in [6.45, 7) is 5.71. The minimum Gasteiger partial charge on any atom is -0.0991 e. The maximum atomic E-state index is 3.57. The Kier molecular flexibility index (Phi) is 8.11. The van der Waals surface area contributed by atoms with E-state index in [2.05, 4.69) is 31.7 Å². The highest BCUT2D eigenvalue weighted by Gasteiger charge is 1.67. The Morgan fingerprint density at radius 3 is 2.45 bits per heavy atom. The maximum absolute atomic E-state index is 3.57. The van der Waals surface area contributed by atoms with Crippen LogP contribution in [-0.2, 0) is 0 Å². The van der Waals surface area contributed by atoms with Gasteiger partial charge in [-0.15, -0.1) is 0 Å². The summed E-state index contributed by atoms with van der Waals surface area (Å²) >= 11 is 0. The summed E-state index contributed by atoms with van der Waals surface area (Å²) in [5, 5.41) is 0. The Labute approximate surface area is 69.6 Å². The quantitative estimate of drug-likeness (QED) is 0.412. The SMILES string of the molecule is C=C/C=C/C=C/C/C=C/CC. The molecule has 0 aromatic rings. The van der Waals surface area contributed by atoms with E-state index in [1.807, 2.05) is 18.2 Å². The summed E-state index contributed by atoms with van der Waals surface area (Å²) < 4.78 is 0. The lowest BCUT2D eigenvalue weighted by molar-refractivity contribution is 1.20. The molecule has 0 rings (SSSR count). The van der Waals surface area contributed by atoms with Crippen molar-refractivity contribution in [1.82, 2.24) is 0 Å². The van der Waals surface area contributed by atoms with E-state index in [9.17, 15) is 0 Å². The van der Waals surface area contributed by atoms with E-state index in [4.69, 9.17) is 0 Å². The van der Waals surface area contributed by atoms with Crippen LogP contribution in [0.25, 0.3) is 0 Å². The molecule has 0 amide bonds. The Balaban J connectivity index is 3.36. The lowest BCUT2D eigenvalue weighted by Crippen LogP contribution is -1.57. The third-order valence-corrected chi connectivity index (χ3v) is 1.17. The molecule has 0 atom stereocenters. The van der Waals surface area contributed by atoms with Gasteiger partial charge < -0.3 is 0 Å². The molecular weight excluding hydrogens is 132 g/mol. The van der Waals surface area contributed by atoms with Crippen LogP contribution >= 0.6 is 0 Å². The first kappa shape index (κ1) is 9.96. The molecule has 0 heterocycles. The average molecular weight is 148 g/mol. The van der Waals surface area contributed by atoms with Crippen molar-refractivity contribution in [2.24, 2.45) is 0 Å². The molecule has 0 bridgehead atoms. The van der Waals surface area contributed by atoms with Gasteiger partial charge in [-0.25, -0.2) is 0 Å². The molecule has 11 heavy (non-hydrogen) atoms. The third kappa shape index (κ3) is 8.96. The van der Waals surface area contributed by atoms with Crippen LogP contribution in [0, 0.1) is 0 Å². The van der Waals surface area contributed by atoms with E-state index in [1.54, 1.807) is 6.08 Å². The highest BCUT2D eigenvalue weighted by molar-refractivity contribution is 5.09. The largest absolute Gasteiger partial charge is 0.0991 e. The fourth-order valence-corrected chi connectivity index (χ4v) is 0.641. The second-order valence-corrected chi connectivity index (χ2v) is 2.16. The maximum Gasteiger partial charge on any atom is -0.0166 e. The predicted octanol–water partition coefficient (Wildman–Crippen LogP) is 3.64. The van der Waals surface area contributed by atoms with Gasteiger partial charge in [0.05, 0.1) is 0 Å². The van der Waals surface area contributed by atoms with Crippen molar-refractivity contribution >= 4 is 0 Å². The van der Waals surface area contributed by atoms with E-state index in [0.29, 0.717) is 0 Å². The molecule has 0 heteroatoms. The van der Waals surface area contributed by atoms with Crippen LogP contribution in [0.15, 0.2) is 49.1 Å². The molecule has 0 aliphatic carbocycles. The summed E-state index contributed by atoms with van der Waals surface area (Å²) in [5.74, 6) is 0. The first-order valence-electron chi connectivity index (χ1n) is 4.01. The number of allylic oxidation sites excluding steroid dienone is 7. The minimum atomic E-state index is 1.02. The summed E-state index contributed by atoms with van der Waals surface area (Å²) in [5.41, 5.74) is 0. The van der Waals surface area contributed by atoms with Gasteiger partial charge in [-0.2, -0.15) is 0 Å². The zero-order valence-electron chi connectivity index (χ0n) is 7.16. The van der Waals surface area contributed by atoms with Gasteiger partial charge in [-0.05, 0) is 12.8 Å². The summed E-state index contributed by atoms with van der Waals surface area (Å²) in [7, 11) is 0. The third-order valence-electron chi connectivity index (χ3n) is 1.17. The van der Waals surface area contributed by atoms with Crippen molar-refractivity contribution in [2.45, 2.75) is 19.8 Å². The van der Waals surface area contributed by atoms with E-state index in [-0.39, 0.29) is 0 Å². The minimum absolute atomic E-state index is 1.02. The van der Waals surface area contributed by atoms with E-state index in [0.717, 1.165) is 12.8 Å². The Morgan fingerprint density at radius 1 is 1.00 bits per heavy atom. The molecule has 0 aromatic heterocycles. The summed E-state index contributed by atoms with van der Waals surface area (Å²) in [6, 6.07) is 0. The van der Waals surface area contributed by atoms with Gasteiger partial charge >= 0.3 is 0 Å². The molecule has 0 saturated heterocycles. The molecule has 0 aliphatic rings. The highest BCUT2D eigenvalue weighted by atomic mass is 13.7. The second kappa shape index (κ2) is 8.96. The first-order valence-corrected chi connectivity index (χ1v) is 4.01. The van der Waals surface area contributed by atoms with Crippen molar-refractivity contribution < 1.29 is 0 Å². The molecule has 0 nitrogen and oxygen atoms in total. The topological polar surface area (TPSA) is 0 Å². The van der Waals surface area contributed by atoms with Crippen LogP contribution < -0.4 is 0 Å². The Morgan fingerprint density at radius 2 is 1.82 bits per heavy atom. The molecule has 0 N–H and O–H groups in total. The van der Waals surface area contributed by atoms with E-state index in [1.165, 1.54) is 0 Å². The molecule has 0 aromatic carbocycles. The smallest absolute Gasteiger partial charge is 0.0166 e. The molecule has 60 valence electrons. The number of rotatable bonds is 5. The first-order chi connectivity index (χ1) is 5.41. The molecule has 0 unspecified atom stereocenters. The van der Waals surface area contributed by atoms with Gasteiger partial charge in [0.1, 0.15) is 0 Å². The standard InChI is InChI=1S/C11H16/c1-3-5-7-9-11-10-8-6-4-2/h3,5-9,11H,1,4,10H2,2H3/b7-5+,8-6+,11-9+. The van der Waals surface area contributed by atoms with Crippen molar-refractivity contribution in [3.8, 4) is 0 Å². The zero-order valence-corrected chi connectivity index (χ0v) is 7.16. The van der Waals surface area contributed by atoms with Gasteiger partial charge in [0.15, 0.2) is 0 Å². The molecular formula is C11H16. The van der Waals surface area contributed by atoms with Crippen LogP contribution in [0.2, 0.25) is 0 Å². The molecule has 0 spiro atoms. The van der Waals surface area contributed by atoms with Crippen LogP contribution in [0.1, 0.15) is 19.8 Å². The van der Waals surface area contributed by atoms with Crippen molar-refractivity contribution in [3.63, 3.8) is 0 Å². The predicted molar refractivity (Wildman–Crippen MR) is 52.5 cm³/mol. The fraction of sp³-hybridized carbons (Fsp3) is 0.273. The van der Waals surface area contributed by atoms with E-state index >= 15 is 0 Å². The summed E-state index contributed by atoms with van der Waals surface area (Å²) in [6.07, 6.45) is 16.3. The van der Waals surface area contributed by atoms with Gasteiger partial charge in [0.25, 0.3) is 0 Å². The molecule has 0 fully saturated rings. The van der Waals surface area contributed by atoms with Crippen LogP contribution in [0.3, 0.4) is 0 Å². The molecule has 0 radical (unpaired) electrons. The normalized spacial score (nSPS) is 12.1. The van der Waals surface area contributed by atoms with Gasteiger partial charge in [-0.1, -0.05) is 56.0 Å². The van der Waals surface area contributed by atoms with Crippen molar-refractivity contribution in [3.05, 3.63) is 49.1 Å². The van der Waals surface area contributed by atoms with E-state index < -0.39 is 0 Å². The van der Waals surface area contributed by atoms with Gasteiger partial charge in [-0.3, -0.25) is 0 Å². The zero-order chi connectivity index (χ0) is 8.36. The monoisotopic (exact) mass is 148 g/mol. The van der Waals surface area contributed by atoms with Crippen molar-refractivity contribution in [2.75, 3.05) is 0 Å². The van der Waals surface area contributed by atoms with Gasteiger partial charge in [0, 0.05) is 0 Å². The fourth-order valence-electron chi connectivity index (χ4n) is 0.641. The summed E-state index contributed by atoms with van der Waals surface area (Å²) in [4.78, 5) is 0. The van der Waals surface area contributed by atoms with Gasteiger partial charge in [0.2, 0.25) is 0 Å². The molecule has 0 saturated carbocycles. The van der Waals surface area contributed by atoms with Crippen molar-refractivity contribution in [1.29, 1.82) is 0 Å². The van der Waals surface area contributed by atoms with Crippen LogP contribution in [0.5, 0.6) is 0 Å². The number of hydrogen-bond acceptors (Lipinski definition) is 0. The number of hydrogen-bond donors (Lipinski definition) is 0. The highest BCUT2D eigenvalue weighted by Crippen LogP contribution is 1.88. The Bertz CT molecular complexity index is 159. The second-order valence-electron chi connectivity index (χ2n) is 2.16. The van der Waals surface area contributed by atoms with Crippen LogP contribution in [0.4, 0.5) is 0 Å². The molecule has 0 aliphatic heterocycles.